The van der Waals surface area contributed by atoms with Gasteiger partial charge in [0.05, 0.1) is 19.0 Å². The van der Waals surface area contributed by atoms with Crippen molar-refractivity contribution in [3.63, 3.8) is 0 Å². The van der Waals surface area contributed by atoms with E-state index in [1.807, 2.05) is 36.9 Å². The van der Waals surface area contributed by atoms with Crippen molar-refractivity contribution in [1.82, 2.24) is 9.88 Å². The van der Waals surface area contributed by atoms with Crippen LogP contribution in [0.2, 0.25) is 0 Å². The minimum Gasteiger partial charge on any atom is -0.497 e. The standard InChI is InChI=1S/C23H34N2O3/c1-7-11-25(12-10-15(2)3)21(26)14-19-18-9-8-17(28-6)13-20(18)24-23(27)22(19)16(4)5/h8-9,13,15-16H,7,10-12,14H2,1-6H3,(H,24,27). The fraction of sp³-hybridized carbons (Fsp3) is 0.565. The third-order valence-corrected chi connectivity index (χ3v) is 5.10. The SMILES string of the molecule is CCCN(CCC(C)C)C(=O)Cc1c(C(C)C)c(=O)[nH]c2cc(OC)ccc12. The van der Waals surface area contributed by atoms with Gasteiger partial charge in [0.25, 0.3) is 5.56 Å². The van der Waals surface area contributed by atoms with E-state index in [-0.39, 0.29) is 23.8 Å². The fourth-order valence-electron chi connectivity index (χ4n) is 3.60. The smallest absolute Gasteiger partial charge is 0.252 e. The minimum atomic E-state index is -0.122. The van der Waals surface area contributed by atoms with Crippen LogP contribution in [0.15, 0.2) is 23.0 Å². The molecule has 154 valence electrons. The third kappa shape index (κ3) is 5.15. The molecule has 1 aromatic heterocycles. The Morgan fingerprint density at radius 1 is 1.18 bits per heavy atom. The first kappa shape index (κ1) is 22.0. The van der Waals surface area contributed by atoms with Crippen LogP contribution in [0.5, 0.6) is 5.75 Å². The first-order valence-electron chi connectivity index (χ1n) is 10.3. The Bertz CT molecular complexity index is 868. The highest BCUT2D eigenvalue weighted by atomic mass is 16.5. The molecule has 5 heteroatoms. The van der Waals surface area contributed by atoms with Crippen LogP contribution in [0.25, 0.3) is 10.9 Å². The normalized spacial score (nSPS) is 11.4. The number of carbonyl (C=O) groups excluding carboxylic acids is 1. The number of aromatic amines is 1. The Morgan fingerprint density at radius 2 is 1.89 bits per heavy atom. The molecular weight excluding hydrogens is 352 g/mol. The van der Waals surface area contributed by atoms with Gasteiger partial charge in [-0.05, 0) is 42.4 Å². The van der Waals surface area contributed by atoms with Gasteiger partial charge in [-0.15, -0.1) is 0 Å². The molecular formula is C23H34N2O3. The van der Waals surface area contributed by atoms with Gasteiger partial charge in [-0.25, -0.2) is 0 Å². The number of nitrogens with zero attached hydrogens (tertiary/aromatic N) is 1. The Kier molecular flexibility index (Phi) is 7.67. The van der Waals surface area contributed by atoms with Crippen molar-refractivity contribution < 1.29 is 9.53 Å². The van der Waals surface area contributed by atoms with E-state index in [9.17, 15) is 9.59 Å². The lowest BCUT2D eigenvalue weighted by molar-refractivity contribution is -0.130. The largest absolute Gasteiger partial charge is 0.497 e. The fourth-order valence-corrected chi connectivity index (χ4v) is 3.60. The molecule has 1 aromatic carbocycles. The van der Waals surface area contributed by atoms with Gasteiger partial charge < -0.3 is 14.6 Å². The minimum absolute atomic E-state index is 0.0355. The van der Waals surface area contributed by atoms with E-state index in [0.717, 1.165) is 36.9 Å². The number of carbonyl (C=O) groups is 1. The van der Waals surface area contributed by atoms with Crippen LogP contribution < -0.4 is 10.3 Å². The number of rotatable bonds is 9. The van der Waals surface area contributed by atoms with E-state index >= 15 is 0 Å². The molecule has 2 rings (SSSR count). The molecule has 0 radical (unpaired) electrons. The summed E-state index contributed by atoms with van der Waals surface area (Å²) in [5.74, 6) is 1.36. The average Bonchev–Trinajstić information content (AvgIpc) is 2.63. The Morgan fingerprint density at radius 3 is 2.46 bits per heavy atom. The van der Waals surface area contributed by atoms with E-state index in [1.54, 1.807) is 7.11 Å². The summed E-state index contributed by atoms with van der Waals surface area (Å²) in [5.41, 5.74) is 2.13. The highest BCUT2D eigenvalue weighted by molar-refractivity contribution is 5.90. The van der Waals surface area contributed by atoms with Crippen LogP contribution in [-0.4, -0.2) is 36.0 Å². The van der Waals surface area contributed by atoms with Crippen molar-refractivity contribution in [2.24, 2.45) is 5.92 Å². The van der Waals surface area contributed by atoms with Gasteiger partial charge in [-0.3, -0.25) is 9.59 Å². The maximum Gasteiger partial charge on any atom is 0.252 e. The maximum atomic E-state index is 13.2. The van der Waals surface area contributed by atoms with Gasteiger partial charge in [0.2, 0.25) is 5.91 Å². The number of hydrogen-bond acceptors (Lipinski definition) is 3. The Balaban J connectivity index is 2.49. The van der Waals surface area contributed by atoms with Gasteiger partial charge in [0.1, 0.15) is 5.75 Å². The van der Waals surface area contributed by atoms with E-state index in [2.05, 4.69) is 25.8 Å². The molecule has 0 saturated carbocycles. The highest BCUT2D eigenvalue weighted by Crippen LogP contribution is 2.27. The molecule has 0 atom stereocenters. The van der Waals surface area contributed by atoms with Crippen molar-refractivity contribution in [2.45, 2.75) is 59.8 Å². The molecule has 0 unspecified atom stereocenters. The van der Waals surface area contributed by atoms with Gasteiger partial charge in [0.15, 0.2) is 0 Å². The summed E-state index contributed by atoms with van der Waals surface area (Å²) in [4.78, 5) is 30.8. The van der Waals surface area contributed by atoms with Gasteiger partial charge in [-0.1, -0.05) is 34.6 Å². The van der Waals surface area contributed by atoms with Crippen LogP contribution in [0.1, 0.15) is 64.5 Å². The number of fused-ring (bicyclic) bond motifs is 1. The zero-order valence-electron chi connectivity index (χ0n) is 18.1. The molecule has 0 spiro atoms. The number of aromatic nitrogens is 1. The molecule has 0 aliphatic rings. The predicted molar refractivity (Wildman–Crippen MR) is 115 cm³/mol. The second-order valence-corrected chi connectivity index (χ2v) is 8.15. The number of pyridine rings is 1. The second kappa shape index (κ2) is 9.76. The molecule has 0 saturated heterocycles. The quantitative estimate of drug-likeness (QED) is 0.691. The van der Waals surface area contributed by atoms with E-state index < -0.39 is 0 Å². The summed E-state index contributed by atoms with van der Waals surface area (Å²) >= 11 is 0. The average molecular weight is 387 g/mol. The number of amides is 1. The summed E-state index contributed by atoms with van der Waals surface area (Å²) < 4.78 is 5.29. The zero-order chi connectivity index (χ0) is 20.8. The molecule has 0 bridgehead atoms. The monoisotopic (exact) mass is 386 g/mol. The molecule has 0 aliphatic heterocycles. The molecule has 2 aromatic rings. The lowest BCUT2D eigenvalue weighted by atomic mass is 9.93. The van der Waals surface area contributed by atoms with Crippen molar-refractivity contribution in [3.8, 4) is 5.75 Å². The number of benzene rings is 1. The van der Waals surface area contributed by atoms with Crippen LogP contribution in [0, 0.1) is 5.92 Å². The molecule has 1 amide bonds. The number of hydrogen-bond donors (Lipinski definition) is 1. The van der Waals surface area contributed by atoms with E-state index in [1.165, 1.54) is 0 Å². The molecule has 1 heterocycles. The second-order valence-electron chi connectivity index (χ2n) is 8.15. The van der Waals surface area contributed by atoms with Crippen LogP contribution in [0.3, 0.4) is 0 Å². The van der Waals surface area contributed by atoms with Gasteiger partial charge >= 0.3 is 0 Å². The molecule has 0 fully saturated rings. The van der Waals surface area contributed by atoms with Gasteiger partial charge in [-0.2, -0.15) is 0 Å². The van der Waals surface area contributed by atoms with E-state index in [0.29, 0.717) is 22.7 Å². The summed E-state index contributed by atoms with van der Waals surface area (Å²) in [6.07, 6.45) is 2.16. The molecule has 1 N–H and O–H groups in total. The predicted octanol–water partition coefficient (Wildman–Crippen LogP) is 4.49. The maximum absolute atomic E-state index is 13.2. The van der Waals surface area contributed by atoms with Crippen LogP contribution in [0.4, 0.5) is 0 Å². The molecule has 0 aliphatic carbocycles. The van der Waals surface area contributed by atoms with Crippen LogP contribution >= 0.6 is 0 Å². The first-order chi connectivity index (χ1) is 13.3. The summed E-state index contributed by atoms with van der Waals surface area (Å²) in [5, 5.41) is 0.915. The first-order valence-corrected chi connectivity index (χ1v) is 10.3. The Labute approximate surface area is 168 Å². The van der Waals surface area contributed by atoms with E-state index in [4.69, 9.17) is 4.74 Å². The van der Waals surface area contributed by atoms with Gasteiger partial charge in [0, 0.05) is 30.1 Å². The zero-order valence-corrected chi connectivity index (χ0v) is 18.1. The number of H-pyrrole nitrogens is 1. The van der Waals surface area contributed by atoms with Crippen molar-refractivity contribution >= 4 is 16.8 Å². The topological polar surface area (TPSA) is 62.4 Å². The molecule has 5 nitrogen and oxygen atoms in total. The Hall–Kier alpha value is -2.30. The summed E-state index contributed by atoms with van der Waals surface area (Å²) in [7, 11) is 1.60. The summed E-state index contributed by atoms with van der Waals surface area (Å²) in [6, 6.07) is 5.63. The highest BCUT2D eigenvalue weighted by Gasteiger charge is 2.21. The number of methoxy groups -OCH3 is 1. The third-order valence-electron chi connectivity index (χ3n) is 5.10. The number of nitrogens with one attached hydrogen (secondary N) is 1. The lowest BCUT2D eigenvalue weighted by Crippen LogP contribution is -2.35. The van der Waals surface area contributed by atoms with Crippen molar-refractivity contribution in [3.05, 3.63) is 39.7 Å². The van der Waals surface area contributed by atoms with Crippen molar-refractivity contribution in [1.29, 1.82) is 0 Å². The van der Waals surface area contributed by atoms with Crippen LogP contribution in [-0.2, 0) is 11.2 Å². The summed E-state index contributed by atoms with van der Waals surface area (Å²) in [6.45, 7) is 11.9. The molecule has 28 heavy (non-hydrogen) atoms. The number of ether oxygens (including phenoxy) is 1. The van der Waals surface area contributed by atoms with Crippen molar-refractivity contribution in [2.75, 3.05) is 20.2 Å². The lowest BCUT2D eigenvalue weighted by Gasteiger charge is -2.24.